The quantitative estimate of drug-likeness (QED) is 0.548. The number of rotatable bonds is 5. The molecule has 2 aromatic heterocycles. The number of ether oxygens (including phenoxy) is 1. The molecule has 0 aliphatic rings. The van der Waals surface area contributed by atoms with Gasteiger partial charge in [0.25, 0.3) is 0 Å². The highest BCUT2D eigenvalue weighted by Crippen LogP contribution is 2.26. The molecule has 0 spiro atoms. The number of aromatic nitrogens is 2. The lowest BCUT2D eigenvalue weighted by Gasteiger charge is -2.12. The zero-order valence-corrected chi connectivity index (χ0v) is 14.4. The number of nitrogens with zero attached hydrogens (tertiary/aromatic N) is 1. The number of Topliss-reactive ketones (excluding diaryl/α,β-unsaturated/α-hetero) is 1. The number of nitrogens with one attached hydrogen (secondary N) is 2. The fraction of sp³-hybridized carbons (Fsp3) is 0.235. The molecular formula is C17H17N3O3S. The highest BCUT2D eigenvalue weighted by molar-refractivity contribution is 7.10. The normalized spacial score (nSPS) is 12.1. The van der Waals surface area contributed by atoms with Crippen molar-refractivity contribution in [3.05, 3.63) is 47.3 Å². The smallest absolute Gasteiger partial charge is 0.343 e. The standard InChI is InChI=1S/C17H17N3O3S/c1-9-14(16(18-3)24-20-9)17(22)23-10(2)15(21)12-8-19-13-7-5-4-6-11(12)13/h4-8,10,18-19H,1-3H3/t10-/m0/s1. The van der Waals surface area contributed by atoms with Crippen LogP contribution < -0.4 is 5.32 Å². The number of ketones is 1. The first-order valence-electron chi connectivity index (χ1n) is 7.48. The van der Waals surface area contributed by atoms with E-state index in [1.165, 1.54) is 11.5 Å². The minimum absolute atomic E-state index is 0.243. The van der Waals surface area contributed by atoms with E-state index in [-0.39, 0.29) is 5.78 Å². The highest BCUT2D eigenvalue weighted by atomic mass is 32.1. The van der Waals surface area contributed by atoms with E-state index in [4.69, 9.17) is 4.74 Å². The summed E-state index contributed by atoms with van der Waals surface area (Å²) in [5.74, 6) is -0.793. The van der Waals surface area contributed by atoms with Gasteiger partial charge < -0.3 is 15.0 Å². The van der Waals surface area contributed by atoms with Gasteiger partial charge in [0.15, 0.2) is 6.10 Å². The summed E-state index contributed by atoms with van der Waals surface area (Å²) in [6.45, 7) is 3.32. The lowest BCUT2D eigenvalue weighted by atomic mass is 10.1. The van der Waals surface area contributed by atoms with E-state index in [0.29, 0.717) is 21.8 Å². The van der Waals surface area contributed by atoms with Gasteiger partial charge in [-0.1, -0.05) is 18.2 Å². The number of esters is 1. The maximum absolute atomic E-state index is 12.6. The van der Waals surface area contributed by atoms with Crippen molar-refractivity contribution >= 4 is 39.2 Å². The summed E-state index contributed by atoms with van der Waals surface area (Å²) in [6.07, 6.45) is 0.758. The maximum Gasteiger partial charge on any atom is 0.343 e. The second kappa shape index (κ2) is 6.45. The molecule has 0 fully saturated rings. The third-order valence-electron chi connectivity index (χ3n) is 3.80. The average molecular weight is 343 g/mol. The fourth-order valence-corrected chi connectivity index (χ4v) is 3.28. The summed E-state index contributed by atoms with van der Waals surface area (Å²) in [7, 11) is 1.71. The Balaban J connectivity index is 1.81. The molecule has 0 bridgehead atoms. The van der Waals surface area contributed by atoms with E-state index in [1.54, 1.807) is 27.1 Å². The van der Waals surface area contributed by atoms with Gasteiger partial charge in [-0.2, -0.15) is 4.37 Å². The van der Waals surface area contributed by atoms with Crippen molar-refractivity contribution in [3.8, 4) is 0 Å². The summed E-state index contributed by atoms with van der Waals surface area (Å²) < 4.78 is 9.52. The van der Waals surface area contributed by atoms with Crippen LogP contribution in [0.15, 0.2) is 30.5 Å². The number of aromatic amines is 1. The first-order chi connectivity index (χ1) is 11.5. The Morgan fingerprint density at radius 1 is 1.33 bits per heavy atom. The molecule has 2 N–H and O–H groups in total. The molecule has 24 heavy (non-hydrogen) atoms. The van der Waals surface area contributed by atoms with Crippen LogP contribution in [0.4, 0.5) is 5.00 Å². The van der Waals surface area contributed by atoms with Gasteiger partial charge in [-0.05, 0) is 31.4 Å². The summed E-state index contributed by atoms with van der Waals surface area (Å²) in [5.41, 5.74) is 2.34. The summed E-state index contributed by atoms with van der Waals surface area (Å²) >= 11 is 1.19. The number of fused-ring (bicyclic) bond motifs is 1. The first kappa shape index (κ1) is 16.2. The van der Waals surface area contributed by atoms with Gasteiger partial charge in [0.2, 0.25) is 5.78 Å². The van der Waals surface area contributed by atoms with Crippen LogP contribution in [0.5, 0.6) is 0 Å². The van der Waals surface area contributed by atoms with Crippen molar-refractivity contribution in [1.82, 2.24) is 9.36 Å². The second-order valence-corrected chi connectivity index (χ2v) is 6.16. The molecule has 0 unspecified atom stereocenters. The van der Waals surface area contributed by atoms with Gasteiger partial charge in [-0.15, -0.1) is 0 Å². The van der Waals surface area contributed by atoms with Gasteiger partial charge in [-0.3, -0.25) is 4.79 Å². The number of anilines is 1. The number of hydrogen-bond donors (Lipinski definition) is 2. The van der Waals surface area contributed by atoms with Crippen LogP contribution in [0.1, 0.15) is 33.3 Å². The lowest BCUT2D eigenvalue weighted by Crippen LogP contribution is -2.24. The van der Waals surface area contributed by atoms with E-state index >= 15 is 0 Å². The SMILES string of the molecule is CNc1snc(C)c1C(=O)O[C@@H](C)C(=O)c1c[nH]c2ccccc12. The van der Waals surface area contributed by atoms with Crippen molar-refractivity contribution in [2.24, 2.45) is 0 Å². The second-order valence-electron chi connectivity index (χ2n) is 5.38. The number of H-pyrrole nitrogens is 1. The van der Waals surface area contributed by atoms with E-state index in [2.05, 4.69) is 14.7 Å². The van der Waals surface area contributed by atoms with Crippen LogP contribution in [-0.2, 0) is 4.74 Å². The highest BCUT2D eigenvalue weighted by Gasteiger charge is 2.26. The molecular weight excluding hydrogens is 326 g/mol. The number of para-hydroxylation sites is 1. The van der Waals surface area contributed by atoms with Gasteiger partial charge >= 0.3 is 5.97 Å². The number of carbonyl (C=O) groups is 2. The molecule has 0 amide bonds. The zero-order chi connectivity index (χ0) is 17.3. The number of hydrogen-bond acceptors (Lipinski definition) is 6. The van der Waals surface area contributed by atoms with E-state index in [9.17, 15) is 9.59 Å². The average Bonchev–Trinajstić information content (AvgIpc) is 3.17. The molecule has 0 aliphatic carbocycles. The molecule has 2 heterocycles. The van der Waals surface area contributed by atoms with Gasteiger partial charge in [-0.25, -0.2) is 4.79 Å². The molecule has 0 saturated heterocycles. The summed E-state index contributed by atoms with van der Waals surface area (Å²) in [5, 5.41) is 4.36. The molecule has 3 aromatic rings. The molecule has 7 heteroatoms. The Kier molecular flexibility index (Phi) is 4.35. The fourth-order valence-electron chi connectivity index (χ4n) is 2.55. The molecule has 1 atom stereocenters. The maximum atomic E-state index is 12.6. The number of benzene rings is 1. The Labute approximate surface area is 143 Å². The van der Waals surface area contributed by atoms with Gasteiger partial charge in [0.05, 0.1) is 5.69 Å². The zero-order valence-electron chi connectivity index (χ0n) is 13.5. The third kappa shape index (κ3) is 2.78. The molecule has 124 valence electrons. The Hall–Kier alpha value is -2.67. The summed E-state index contributed by atoms with van der Waals surface area (Å²) in [4.78, 5) is 28.1. The topological polar surface area (TPSA) is 84.1 Å². The first-order valence-corrected chi connectivity index (χ1v) is 8.25. The number of carbonyl (C=O) groups excluding carboxylic acids is 2. The van der Waals surface area contributed by atoms with Crippen molar-refractivity contribution in [1.29, 1.82) is 0 Å². The van der Waals surface area contributed by atoms with Crippen molar-refractivity contribution in [3.63, 3.8) is 0 Å². The largest absolute Gasteiger partial charge is 0.451 e. The minimum Gasteiger partial charge on any atom is -0.451 e. The van der Waals surface area contributed by atoms with Crippen molar-refractivity contribution in [2.75, 3.05) is 12.4 Å². The van der Waals surface area contributed by atoms with Crippen LogP contribution in [0, 0.1) is 6.92 Å². The minimum atomic E-state index is -0.888. The molecule has 6 nitrogen and oxygen atoms in total. The molecule has 3 rings (SSSR count). The molecule has 0 radical (unpaired) electrons. The van der Waals surface area contributed by atoms with E-state index < -0.39 is 12.1 Å². The van der Waals surface area contributed by atoms with Gasteiger partial charge in [0.1, 0.15) is 10.6 Å². The molecule has 0 aliphatic heterocycles. The molecule has 1 aromatic carbocycles. The Bertz CT molecular complexity index is 913. The summed E-state index contributed by atoms with van der Waals surface area (Å²) in [6, 6.07) is 7.51. The Morgan fingerprint density at radius 3 is 2.83 bits per heavy atom. The van der Waals surface area contributed by atoms with Crippen molar-refractivity contribution < 1.29 is 14.3 Å². The monoisotopic (exact) mass is 343 g/mol. The van der Waals surface area contributed by atoms with Crippen LogP contribution in [-0.4, -0.2) is 34.3 Å². The van der Waals surface area contributed by atoms with Gasteiger partial charge in [0, 0.05) is 29.7 Å². The van der Waals surface area contributed by atoms with Crippen molar-refractivity contribution in [2.45, 2.75) is 20.0 Å². The number of aryl methyl sites for hydroxylation is 1. The van der Waals surface area contributed by atoms with E-state index in [1.807, 2.05) is 24.3 Å². The van der Waals surface area contributed by atoms with Crippen LogP contribution in [0.2, 0.25) is 0 Å². The van der Waals surface area contributed by atoms with Crippen LogP contribution in [0.3, 0.4) is 0 Å². The van der Waals surface area contributed by atoms with Crippen LogP contribution >= 0.6 is 11.5 Å². The predicted molar refractivity (Wildman–Crippen MR) is 93.9 cm³/mol. The molecule has 0 saturated carbocycles. The van der Waals surface area contributed by atoms with Crippen LogP contribution in [0.25, 0.3) is 10.9 Å². The lowest BCUT2D eigenvalue weighted by molar-refractivity contribution is 0.0320. The van der Waals surface area contributed by atoms with E-state index in [0.717, 1.165) is 10.9 Å². The predicted octanol–water partition coefficient (Wildman–Crippen LogP) is 3.40. The Morgan fingerprint density at radius 2 is 2.08 bits per heavy atom. The third-order valence-corrected chi connectivity index (χ3v) is 4.76.